The molecular weight excluding hydrogens is 226 g/mol. The van der Waals surface area contributed by atoms with E-state index in [1.807, 2.05) is 12.1 Å². The second kappa shape index (κ2) is 6.59. The molecule has 1 unspecified atom stereocenters. The highest BCUT2D eigenvalue weighted by Gasteiger charge is 2.14. The third-order valence-electron chi connectivity index (χ3n) is 3.37. The van der Waals surface area contributed by atoms with Crippen molar-refractivity contribution in [1.29, 1.82) is 0 Å². The molecule has 1 aromatic rings. The molecule has 1 aliphatic heterocycles. The summed E-state index contributed by atoms with van der Waals surface area (Å²) < 4.78 is 5.09. The van der Waals surface area contributed by atoms with Gasteiger partial charge in [-0.3, -0.25) is 0 Å². The summed E-state index contributed by atoms with van der Waals surface area (Å²) in [5.41, 5.74) is 0. The van der Waals surface area contributed by atoms with E-state index in [0.717, 1.165) is 18.1 Å². The predicted octanol–water partition coefficient (Wildman–Crippen LogP) is 2.23. The average Bonchev–Trinajstić information content (AvgIpc) is 2.90. The van der Waals surface area contributed by atoms with Crippen molar-refractivity contribution >= 4 is 5.82 Å². The Labute approximate surface area is 109 Å². The van der Waals surface area contributed by atoms with Crippen LogP contribution in [0.15, 0.2) is 18.3 Å². The summed E-state index contributed by atoms with van der Waals surface area (Å²) in [6.45, 7) is 6.98. The molecule has 4 heteroatoms. The van der Waals surface area contributed by atoms with Gasteiger partial charge in [-0.2, -0.15) is 0 Å². The van der Waals surface area contributed by atoms with Crippen LogP contribution < -0.4 is 10.1 Å². The monoisotopic (exact) mass is 249 g/mol. The van der Waals surface area contributed by atoms with Crippen molar-refractivity contribution < 1.29 is 4.74 Å². The van der Waals surface area contributed by atoms with E-state index < -0.39 is 0 Å². The molecule has 0 bridgehead atoms. The molecule has 0 radical (unpaired) electrons. The first-order chi connectivity index (χ1) is 8.78. The summed E-state index contributed by atoms with van der Waals surface area (Å²) in [6, 6.07) is 3.89. The van der Waals surface area contributed by atoms with Gasteiger partial charge in [0, 0.05) is 13.1 Å². The Morgan fingerprint density at radius 2 is 2.17 bits per heavy atom. The molecule has 1 saturated heterocycles. The fraction of sp³-hybridized carbons (Fsp3) is 0.643. The number of aromatic nitrogens is 1. The van der Waals surface area contributed by atoms with Crippen LogP contribution in [-0.4, -0.2) is 43.2 Å². The number of nitrogens with one attached hydrogen (secondary N) is 1. The predicted molar refractivity (Wildman–Crippen MR) is 74.1 cm³/mol. The van der Waals surface area contributed by atoms with E-state index in [0.29, 0.717) is 5.92 Å². The molecule has 100 valence electrons. The van der Waals surface area contributed by atoms with Gasteiger partial charge in [-0.15, -0.1) is 0 Å². The van der Waals surface area contributed by atoms with Crippen LogP contribution in [0.4, 0.5) is 5.82 Å². The Bertz CT molecular complexity index is 347. The maximum absolute atomic E-state index is 5.09. The Balaban J connectivity index is 1.72. The normalized spacial score (nSPS) is 17.7. The van der Waals surface area contributed by atoms with Crippen LogP contribution in [0.1, 0.15) is 19.8 Å². The van der Waals surface area contributed by atoms with Crippen LogP contribution in [0.5, 0.6) is 5.75 Å². The van der Waals surface area contributed by atoms with Crippen LogP contribution in [0.2, 0.25) is 0 Å². The van der Waals surface area contributed by atoms with Gasteiger partial charge < -0.3 is 15.0 Å². The van der Waals surface area contributed by atoms with Crippen LogP contribution in [0.3, 0.4) is 0 Å². The zero-order chi connectivity index (χ0) is 12.8. The van der Waals surface area contributed by atoms with Crippen molar-refractivity contribution in [1.82, 2.24) is 9.88 Å². The van der Waals surface area contributed by atoms with Crippen molar-refractivity contribution in [3.05, 3.63) is 18.3 Å². The third kappa shape index (κ3) is 3.88. The summed E-state index contributed by atoms with van der Waals surface area (Å²) >= 11 is 0. The third-order valence-corrected chi connectivity index (χ3v) is 3.37. The molecule has 1 atom stereocenters. The second-order valence-corrected chi connectivity index (χ2v) is 5.08. The Kier molecular flexibility index (Phi) is 4.81. The maximum Gasteiger partial charge on any atom is 0.137 e. The first-order valence-corrected chi connectivity index (χ1v) is 6.74. The molecule has 0 aliphatic carbocycles. The summed E-state index contributed by atoms with van der Waals surface area (Å²) in [6.07, 6.45) is 4.47. The maximum atomic E-state index is 5.09. The topological polar surface area (TPSA) is 37.4 Å². The Morgan fingerprint density at radius 1 is 1.39 bits per heavy atom. The van der Waals surface area contributed by atoms with E-state index in [2.05, 4.69) is 22.1 Å². The van der Waals surface area contributed by atoms with Crippen molar-refractivity contribution in [2.24, 2.45) is 5.92 Å². The number of likely N-dealkylation sites (tertiary alicyclic amines) is 1. The lowest BCUT2D eigenvalue weighted by Gasteiger charge is -2.20. The van der Waals surface area contributed by atoms with Gasteiger partial charge in [-0.05, 0) is 44.0 Å². The van der Waals surface area contributed by atoms with Crippen molar-refractivity contribution in [3.63, 3.8) is 0 Å². The quantitative estimate of drug-likeness (QED) is 0.839. The minimum absolute atomic E-state index is 0.645. The molecule has 2 rings (SSSR count). The zero-order valence-electron chi connectivity index (χ0n) is 11.4. The van der Waals surface area contributed by atoms with E-state index >= 15 is 0 Å². The largest absolute Gasteiger partial charge is 0.495 e. The lowest BCUT2D eigenvalue weighted by atomic mass is 10.1. The van der Waals surface area contributed by atoms with Crippen LogP contribution in [0.25, 0.3) is 0 Å². The lowest BCUT2D eigenvalue weighted by molar-refractivity contribution is 0.294. The average molecular weight is 249 g/mol. The van der Waals surface area contributed by atoms with E-state index in [1.54, 1.807) is 13.3 Å². The number of anilines is 1. The number of ether oxygens (including phenoxy) is 1. The summed E-state index contributed by atoms with van der Waals surface area (Å²) in [4.78, 5) is 6.85. The van der Waals surface area contributed by atoms with Gasteiger partial charge in [0.2, 0.25) is 0 Å². The molecule has 0 saturated carbocycles. The van der Waals surface area contributed by atoms with Crippen molar-refractivity contribution in [2.75, 3.05) is 38.6 Å². The number of hydrogen-bond donors (Lipinski definition) is 1. The molecular formula is C14H23N3O. The highest BCUT2D eigenvalue weighted by Crippen LogP contribution is 2.13. The van der Waals surface area contributed by atoms with Crippen molar-refractivity contribution in [2.45, 2.75) is 19.8 Å². The number of methoxy groups -OCH3 is 1. The Morgan fingerprint density at radius 3 is 2.78 bits per heavy atom. The summed E-state index contributed by atoms with van der Waals surface area (Å²) in [7, 11) is 1.65. The van der Waals surface area contributed by atoms with E-state index in [9.17, 15) is 0 Å². The summed E-state index contributed by atoms with van der Waals surface area (Å²) in [5, 5.41) is 3.38. The molecule has 0 amide bonds. The van der Waals surface area contributed by atoms with Gasteiger partial charge in [0.1, 0.15) is 11.6 Å². The van der Waals surface area contributed by atoms with Crippen molar-refractivity contribution in [3.8, 4) is 5.75 Å². The fourth-order valence-electron chi connectivity index (χ4n) is 2.35. The van der Waals surface area contributed by atoms with Gasteiger partial charge in [0.05, 0.1) is 13.3 Å². The zero-order valence-corrected chi connectivity index (χ0v) is 11.4. The molecule has 1 aliphatic rings. The smallest absolute Gasteiger partial charge is 0.137 e. The molecule has 18 heavy (non-hydrogen) atoms. The first-order valence-electron chi connectivity index (χ1n) is 6.74. The number of rotatable bonds is 6. The minimum Gasteiger partial charge on any atom is -0.495 e. The second-order valence-electron chi connectivity index (χ2n) is 5.08. The standard InChI is InChI=1S/C14H23N3O/c1-12(11-17-7-3-4-8-17)9-15-14-6-5-13(18-2)10-16-14/h5-6,10,12H,3-4,7-9,11H2,1-2H3,(H,15,16). The molecule has 1 N–H and O–H groups in total. The molecule has 2 heterocycles. The Hall–Kier alpha value is -1.29. The highest BCUT2D eigenvalue weighted by molar-refractivity contribution is 5.37. The van der Waals surface area contributed by atoms with Crippen LogP contribution >= 0.6 is 0 Å². The van der Waals surface area contributed by atoms with Crippen LogP contribution in [-0.2, 0) is 0 Å². The minimum atomic E-state index is 0.645. The first kappa shape index (κ1) is 13.1. The highest BCUT2D eigenvalue weighted by atomic mass is 16.5. The molecule has 1 aromatic heterocycles. The van der Waals surface area contributed by atoms with Gasteiger partial charge in [0.25, 0.3) is 0 Å². The molecule has 4 nitrogen and oxygen atoms in total. The lowest BCUT2D eigenvalue weighted by Crippen LogP contribution is -2.28. The SMILES string of the molecule is COc1ccc(NCC(C)CN2CCCC2)nc1. The van der Waals surface area contributed by atoms with Crippen LogP contribution in [0, 0.1) is 5.92 Å². The number of hydrogen-bond acceptors (Lipinski definition) is 4. The fourth-order valence-corrected chi connectivity index (χ4v) is 2.35. The molecule has 0 aromatic carbocycles. The molecule has 0 spiro atoms. The van der Waals surface area contributed by atoms with Gasteiger partial charge >= 0.3 is 0 Å². The number of pyridine rings is 1. The van der Waals surface area contributed by atoms with E-state index in [1.165, 1.54) is 32.5 Å². The molecule has 1 fully saturated rings. The van der Waals surface area contributed by atoms with E-state index in [-0.39, 0.29) is 0 Å². The summed E-state index contributed by atoms with van der Waals surface area (Å²) in [5.74, 6) is 2.36. The van der Waals surface area contributed by atoms with Gasteiger partial charge in [-0.1, -0.05) is 6.92 Å². The van der Waals surface area contributed by atoms with E-state index in [4.69, 9.17) is 4.74 Å². The van der Waals surface area contributed by atoms with Gasteiger partial charge in [-0.25, -0.2) is 4.98 Å². The number of nitrogens with zero attached hydrogens (tertiary/aromatic N) is 2. The van der Waals surface area contributed by atoms with Gasteiger partial charge in [0.15, 0.2) is 0 Å².